The Morgan fingerprint density at radius 2 is 1.77 bits per heavy atom. The van der Waals surface area contributed by atoms with Gasteiger partial charge in [0.2, 0.25) is 0 Å². The molecule has 0 aliphatic carbocycles. The van der Waals surface area contributed by atoms with Gasteiger partial charge in [0.25, 0.3) is 0 Å². The van der Waals surface area contributed by atoms with Crippen LogP contribution in [0.15, 0.2) is 41.8 Å². The Balaban J connectivity index is 1.89. The highest BCUT2D eigenvalue weighted by Crippen LogP contribution is 2.30. The van der Waals surface area contributed by atoms with E-state index >= 15 is 0 Å². The van der Waals surface area contributed by atoms with Gasteiger partial charge < -0.3 is 11.1 Å². The summed E-state index contributed by atoms with van der Waals surface area (Å²) in [6.45, 7) is 6.36. The van der Waals surface area contributed by atoms with Crippen molar-refractivity contribution in [3.8, 4) is 11.3 Å². The summed E-state index contributed by atoms with van der Waals surface area (Å²) < 4.78 is 0. The molecule has 0 bridgehead atoms. The topological polar surface area (TPSA) is 50.9 Å². The molecule has 0 aliphatic heterocycles. The lowest BCUT2D eigenvalue weighted by Crippen LogP contribution is -1.96. The number of nitrogens with one attached hydrogen (secondary N) is 1. The van der Waals surface area contributed by atoms with Crippen LogP contribution in [0.2, 0.25) is 0 Å². The first-order chi connectivity index (χ1) is 10.5. The lowest BCUT2D eigenvalue weighted by molar-refractivity contribution is 1.29. The van der Waals surface area contributed by atoms with Crippen molar-refractivity contribution in [3.05, 3.63) is 58.5 Å². The van der Waals surface area contributed by atoms with Gasteiger partial charge in [0.1, 0.15) is 0 Å². The molecule has 0 unspecified atom stereocenters. The molecule has 3 rings (SSSR count). The smallest absolute Gasteiger partial charge is 0.187 e. The number of aromatic nitrogens is 1. The number of nitrogens with two attached hydrogens (primary N) is 1. The number of hydrogen-bond donors (Lipinski definition) is 2. The predicted molar refractivity (Wildman–Crippen MR) is 95.9 cm³/mol. The minimum absolute atomic E-state index is 0.755. The fourth-order valence-electron chi connectivity index (χ4n) is 2.65. The van der Waals surface area contributed by atoms with Gasteiger partial charge in [-0.25, -0.2) is 4.98 Å². The van der Waals surface area contributed by atoms with E-state index in [1.165, 1.54) is 16.7 Å². The molecule has 2 aromatic carbocycles. The van der Waals surface area contributed by atoms with E-state index in [1.54, 1.807) is 11.3 Å². The van der Waals surface area contributed by atoms with Gasteiger partial charge in [-0.1, -0.05) is 29.8 Å². The normalized spacial score (nSPS) is 10.7. The monoisotopic (exact) mass is 309 g/mol. The van der Waals surface area contributed by atoms with Crippen molar-refractivity contribution in [1.29, 1.82) is 0 Å². The summed E-state index contributed by atoms with van der Waals surface area (Å²) in [7, 11) is 0. The largest absolute Gasteiger partial charge is 0.399 e. The number of aryl methyl sites for hydroxylation is 3. The van der Waals surface area contributed by atoms with Gasteiger partial charge >= 0.3 is 0 Å². The Morgan fingerprint density at radius 3 is 2.45 bits per heavy atom. The number of benzene rings is 2. The highest BCUT2D eigenvalue weighted by Gasteiger charge is 2.08. The van der Waals surface area contributed by atoms with Crippen LogP contribution in [-0.2, 0) is 0 Å². The summed E-state index contributed by atoms with van der Waals surface area (Å²) in [4.78, 5) is 4.67. The first-order valence-electron chi connectivity index (χ1n) is 7.19. The van der Waals surface area contributed by atoms with Crippen LogP contribution in [0.25, 0.3) is 11.3 Å². The van der Waals surface area contributed by atoms with Crippen LogP contribution in [-0.4, -0.2) is 4.98 Å². The highest BCUT2D eigenvalue weighted by molar-refractivity contribution is 7.14. The molecule has 3 aromatic rings. The molecule has 0 saturated carbocycles. The Morgan fingerprint density at radius 1 is 1.05 bits per heavy atom. The third kappa shape index (κ3) is 2.97. The quantitative estimate of drug-likeness (QED) is 0.665. The molecule has 0 amide bonds. The molecule has 3 nitrogen and oxygen atoms in total. The lowest BCUT2D eigenvalue weighted by atomic mass is 10.1. The van der Waals surface area contributed by atoms with E-state index in [0.717, 1.165) is 27.8 Å². The van der Waals surface area contributed by atoms with E-state index in [9.17, 15) is 0 Å². The molecule has 22 heavy (non-hydrogen) atoms. The molecule has 1 aromatic heterocycles. The summed E-state index contributed by atoms with van der Waals surface area (Å²) in [6, 6.07) is 12.2. The van der Waals surface area contributed by atoms with Crippen LogP contribution in [0.3, 0.4) is 0 Å². The average molecular weight is 309 g/mol. The second-order valence-electron chi connectivity index (χ2n) is 5.56. The molecule has 0 aliphatic rings. The fraction of sp³-hybridized carbons (Fsp3) is 0.167. The number of nitrogen functional groups attached to an aromatic ring is 1. The fourth-order valence-corrected chi connectivity index (χ4v) is 3.37. The lowest BCUT2D eigenvalue weighted by Gasteiger charge is -2.11. The van der Waals surface area contributed by atoms with E-state index in [0.29, 0.717) is 0 Å². The van der Waals surface area contributed by atoms with Crippen molar-refractivity contribution in [3.63, 3.8) is 0 Å². The van der Waals surface area contributed by atoms with Gasteiger partial charge in [-0.2, -0.15) is 0 Å². The number of rotatable bonds is 3. The average Bonchev–Trinajstić information content (AvgIpc) is 2.91. The van der Waals surface area contributed by atoms with Gasteiger partial charge in [-0.3, -0.25) is 0 Å². The van der Waals surface area contributed by atoms with Crippen LogP contribution < -0.4 is 11.1 Å². The third-order valence-electron chi connectivity index (χ3n) is 3.60. The van der Waals surface area contributed by atoms with Crippen molar-refractivity contribution in [2.75, 3.05) is 11.1 Å². The van der Waals surface area contributed by atoms with Crippen LogP contribution in [0.1, 0.15) is 16.7 Å². The van der Waals surface area contributed by atoms with E-state index in [1.807, 2.05) is 24.3 Å². The van der Waals surface area contributed by atoms with Gasteiger partial charge in [0.05, 0.1) is 5.69 Å². The minimum atomic E-state index is 0.755. The molecule has 0 fully saturated rings. The Labute approximate surface area is 134 Å². The molecule has 0 radical (unpaired) electrons. The zero-order valence-electron chi connectivity index (χ0n) is 13.0. The summed E-state index contributed by atoms with van der Waals surface area (Å²) >= 11 is 1.60. The number of hydrogen-bond acceptors (Lipinski definition) is 4. The Bertz CT molecular complexity index is 798. The molecule has 4 heteroatoms. The summed E-state index contributed by atoms with van der Waals surface area (Å²) in [5, 5.41) is 6.40. The highest BCUT2D eigenvalue weighted by atomic mass is 32.1. The van der Waals surface area contributed by atoms with Gasteiger partial charge in [-0.05, 0) is 44.0 Å². The van der Waals surface area contributed by atoms with Gasteiger partial charge in [-0.15, -0.1) is 11.3 Å². The van der Waals surface area contributed by atoms with E-state index in [-0.39, 0.29) is 0 Å². The third-order valence-corrected chi connectivity index (χ3v) is 4.35. The van der Waals surface area contributed by atoms with E-state index < -0.39 is 0 Å². The first kappa shape index (κ1) is 14.6. The SMILES string of the molecule is Cc1cc(C)c(Nc2nc(-c3cccc(N)c3)cs2)c(C)c1. The van der Waals surface area contributed by atoms with Crippen LogP contribution in [0.5, 0.6) is 0 Å². The summed E-state index contributed by atoms with van der Waals surface area (Å²) in [5.74, 6) is 0. The van der Waals surface area contributed by atoms with Crippen molar-refractivity contribution in [1.82, 2.24) is 4.98 Å². The summed E-state index contributed by atoms with van der Waals surface area (Å²) in [5.41, 5.74) is 13.5. The van der Waals surface area contributed by atoms with Gasteiger partial charge in [0, 0.05) is 22.3 Å². The molecule has 3 N–H and O–H groups in total. The summed E-state index contributed by atoms with van der Waals surface area (Å²) in [6.07, 6.45) is 0. The van der Waals surface area contributed by atoms with Crippen LogP contribution in [0.4, 0.5) is 16.5 Å². The van der Waals surface area contributed by atoms with Gasteiger partial charge in [0.15, 0.2) is 5.13 Å². The van der Waals surface area contributed by atoms with E-state index in [2.05, 4.69) is 48.6 Å². The molecule has 0 spiro atoms. The maximum Gasteiger partial charge on any atom is 0.187 e. The zero-order chi connectivity index (χ0) is 15.7. The molecular formula is C18H19N3S. The first-order valence-corrected chi connectivity index (χ1v) is 8.07. The van der Waals surface area contributed by atoms with Crippen molar-refractivity contribution < 1.29 is 0 Å². The minimum Gasteiger partial charge on any atom is -0.399 e. The zero-order valence-corrected chi connectivity index (χ0v) is 13.8. The van der Waals surface area contributed by atoms with Crippen LogP contribution in [0, 0.1) is 20.8 Å². The van der Waals surface area contributed by atoms with Crippen LogP contribution >= 0.6 is 11.3 Å². The Kier molecular flexibility index (Phi) is 3.86. The standard InChI is InChI=1S/C18H19N3S/c1-11-7-12(2)17(13(3)8-11)21-18-20-16(10-22-18)14-5-4-6-15(19)9-14/h4-10H,19H2,1-3H3,(H,20,21). The van der Waals surface area contributed by atoms with Crippen molar-refractivity contribution >= 4 is 27.8 Å². The molecule has 112 valence electrons. The maximum absolute atomic E-state index is 5.84. The number of nitrogens with zero attached hydrogens (tertiary/aromatic N) is 1. The number of thiazole rings is 1. The second-order valence-corrected chi connectivity index (χ2v) is 6.42. The molecule has 1 heterocycles. The number of anilines is 3. The van der Waals surface area contributed by atoms with Crippen molar-refractivity contribution in [2.24, 2.45) is 0 Å². The second kappa shape index (κ2) is 5.81. The predicted octanol–water partition coefficient (Wildman–Crippen LogP) is 5.06. The van der Waals surface area contributed by atoms with Crippen molar-refractivity contribution in [2.45, 2.75) is 20.8 Å². The molecule has 0 saturated heterocycles. The van der Waals surface area contributed by atoms with E-state index in [4.69, 9.17) is 5.73 Å². The maximum atomic E-state index is 5.84. The molecule has 0 atom stereocenters. The molecular weight excluding hydrogens is 290 g/mol. The Hall–Kier alpha value is -2.33.